The van der Waals surface area contributed by atoms with Crippen LogP contribution in [0.1, 0.15) is 35.7 Å². The molecule has 0 aromatic heterocycles. The van der Waals surface area contributed by atoms with E-state index in [4.69, 9.17) is 15.1 Å². The van der Waals surface area contributed by atoms with Gasteiger partial charge >= 0.3 is 0 Å². The summed E-state index contributed by atoms with van der Waals surface area (Å²) in [7, 11) is 0. The van der Waals surface area contributed by atoms with Gasteiger partial charge in [0, 0.05) is 5.56 Å². The predicted molar refractivity (Wildman–Crippen MR) is 84.5 cm³/mol. The van der Waals surface area contributed by atoms with E-state index in [1.54, 1.807) is 24.3 Å². The fourth-order valence-electron chi connectivity index (χ4n) is 1.93. The molecule has 0 radical (unpaired) electrons. The maximum absolute atomic E-state index is 12.2. The Morgan fingerprint density at radius 2 is 2.09 bits per heavy atom. The SMILES string of the molecule is C=CCOc1ccc(C(=O)NC(CO)C(=O)NO)cc1C(C)C. The molecule has 0 aliphatic rings. The zero-order chi connectivity index (χ0) is 17.4. The Balaban J connectivity index is 2.99. The van der Waals surface area contributed by atoms with Gasteiger partial charge in [-0.25, -0.2) is 5.48 Å². The standard InChI is InChI=1S/C16H22N2O5/c1-4-7-23-14-6-5-11(8-12(14)10(2)3)15(20)17-13(9-19)16(21)18-22/h4-6,8,10,13,19,22H,1,7,9H2,2-3H3,(H,17,20)(H,18,21). The normalized spacial score (nSPS) is 11.7. The molecule has 4 N–H and O–H groups in total. The van der Waals surface area contributed by atoms with Gasteiger partial charge in [-0.05, 0) is 29.7 Å². The van der Waals surface area contributed by atoms with Gasteiger partial charge in [-0.15, -0.1) is 0 Å². The van der Waals surface area contributed by atoms with Crippen LogP contribution in [-0.2, 0) is 4.79 Å². The first kappa shape index (κ1) is 18.7. The van der Waals surface area contributed by atoms with Crippen LogP contribution < -0.4 is 15.5 Å². The molecule has 126 valence electrons. The summed E-state index contributed by atoms with van der Waals surface area (Å²) in [6.45, 7) is 7.25. The number of ether oxygens (including phenoxy) is 1. The Morgan fingerprint density at radius 1 is 1.39 bits per heavy atom. The third kappa shape index (κ3) is 5.08. The number of hydroxylamine groups is 1. The van der Waals surface area contributed by atoms with E-state index in [2.05, 4.69) is 11.9 Å². The van der Waals surface area contributed by atoms with Gasteiger partial charge in [0.25, 0.3) is 11.8 Å². The van der Waals surface area contributed by atoms with Crippen molar-refractivity contribution >= 4 is 11.8 Å². The molecule has 1 aromatic carbocycles. The molecule has 23 heavy (non-hydrogen) atoms. The van der Waals surface area contributed by atoms with Gasteiger partial charge in [0.15, 0.2) is 0 Å². The molecule has 0 saturated heterocycles. The molecule has 0 bridgehead atoms. The average Bonchev–Trinajstić information content (AvgIpc) is 2.56. The molecular weight excluding hydrogens is 300 g/mol. The Bertz CT molecular complexity index is 572. The molecule has 1 unspecified atom stereocenters. The summed E-state index contributed by atoms with van der Waals surface area (Å²) in [5, 5.41) is 20.0. The lowest BCUT2D eigenvalue weighted by atomic mass is 9.99. The first-order chi connectivity index (χ1) is 10.9. The number of aliphatic hydroxyl groups excluding tert-OH is 1. The van der Waals surface area contributed by atoms with E-state index >= 15 is 0 Å². The number of nitrogens with one attached hydrogen (secondary N) is 2. The van der Waals surface area contributed by atoms with Crippen LogP contribution in [0.5, 0.6) is 5.75 Å². The van der Waals surface area contributed by atoms with E-state index in [-0.39, 0.29) is 5.92 Å². The van der Waals surface area contributed by atoms with Crippen LogP contribution in [0.2, 0.25) is 0 Å². The number of hydrogen-bond acceptors (Lipinski definition) is 5. The maximum Gasteiger partial charge on any atom is 0.268 e. The highest BCUT2D eigenvalue weighted by atomic mass is 16.5. The van der Waals surface area contributed by atoms with Crippen molar-refractivity contribution in [1.82, 2.24) is 10.8 Å². The van der Waals surface area contributed by atoms with Gasteiger partial charge < -0.3 is 15.2 Å². The van der Waals surface area contributed by atoms with Crippen molar-refractivity contribution in [2.75, 3.05) is 13.2 Å². The minimum atomic E-state index is -1.23. The molecule has 0 aliphatic heterocycles. The molecular formula is C16H22N2O5. The summed E-state index contributed by atoms with van der Waals surface area (Å²) < 4.78 is 5.55. The van der Waals surface area contributed by atoms with E-state index < -0.39 is 24.5 Å². The lowest BCUT2D eigenvalue weighted by molar-refractivity contribution is -0.132. The second kappa shape index (κ2) is 8.92. The van der Waals surface area contributed by atoms with Crippen molar-refractivity contribution in [2.24, 2.45) is 0 Å². The highest BCUT2D eigenvalue weighted by Crippen LogP contribution is 2.27. The van der Waals surface area contributed by atoms with Gasteiger partial charge in [-0.3, -0.25) is 14.8 Å². The van der Waals surface area contributed by atoms with E-state index in [0.29, 0.717) is 17.9 Å². The van der Waals surface area contributed by atoms with Crippen molar-refractivity contribution < 1.29 is 24.6 Å². The minimum Gasteiger partial charge on any atom is -0.489 e. The van der Waals surface area contributed by atoms with Gasteiger partial charge in [0.05, 0.1) is 6.61 Å². The van der Waals surface area contributed by atoms with E-state index in [1.165, 1.54) is 5.48 Å². The minimum absolute atomic E-state index is 0.122. The van der Waals surface area contributed by atoms with E-state index in [0.717, 1.165) is 5.56 Å². The van der Waals surface area contributed by atoms with Gasteiger partial charge in [-0.1, -0.05) is 26.5 Å². The van der Waals surface area contributed by atoms with Crippen LogP contribution in [0.3, 0.4) is 0 Å². The van der Waals surface area contributed by atoms with Crippen LogP contribution in [-0.4, -0.2) is 41.4 Å². The summed E-state index contributed by atoms with van der Waals surface area (Å²) in [5.74, 6) is -0.652. The van der Waals surface area contributed by atoms with Gasteiger partial charge in [-0.2, -0.15) is 0 Å². The first-order valence-electron chi connectivity index (χ1n) is 7.17. The molecule has 0 fully saturated rings. The Morgan fingerprint density at radius 3 is 2.61 bits per heavy atom. The molecule has 0 spiro atoms. The van der Waals surface area contributed by atoms with Crippen molar-refractivity contribution in [3.05, 3.63) is 42.0 Å². The number of hydrogen-bond donors (Lipinski definition) is 4. The van der Waals surface area contributed by atoms with E-state index in [1.807, 2.05) is 13.8 Å². The Labute approximate surface area is 134 Å². The summed E-state index contributed by atoms with van der Waals surface area (Å²) in [4.78, 5) is 23.5. The Hall–Kier alpha value is -2.38. The quantitative estimate of drug-likeness (QED) is 0.324. The maximum atomic E-state index is 12.2. The monoisotopic (exact) mass is 322 g/mol. The largest absolute Gasteiger partial charge is 0.489 e. The van der Waals surface area contributed by atoms with Crippen LogP contribution in [0.4, 0.5) is 0 Å². The smallest absolute Gasteiger partial charge is 0.268 e. The van der Waals surface area contributed by atoms with Crippen LogP contribution in [0.25, 0.3) is 0 Å². The zero-order valence-corrected chi connectivity index (χ0v) is 13.2. The number of carbonyl (C=O) groups excluding carboxylic acids is 2. The summed E-state index contributed by atoms with van der Waals surface area (Å²) in [6.07, 6.45) is 1.63. The topological polar surface area (TPSA) is 108 Å². The van der Waals surface area contributed by atoms with Crippen molar-refractivity contribution in [3.63, 3.8) is 0 Å². The third-order valence-corrected chi connectivity index (χ3v) is 3.17. The lowest BCUT2D eigenvalue weighted by Crippen LogP contribution is -2.48. The lowest BCUT2D eigenvalue weighted by Gasteiger charge is -2.17. The molecule has 1 atom stereocenters. The van der Waals surface area contributed by atoms with Crippen molar-refractivity contribution in [1.29, 1.82) is 0 Å². The van der Waals surface area contributed by atoms with Crippen LogP contribution in [0.15, 0.2) is 30.9 Å². The molecule has 7 heteroatoms. The molecule has 0 saturated carbocycles. The molecule has 1 rings (SSSR count). The number of aliphatic hydroxyl groups is 1. The van der Waals surface area contributed by atoms with Crippen LogP contribution >= 0.6 is 0 Å². The fourth-order valence-corrected chi connectivity index (χ4v) is 1.93. The second-order valence-electron chi connectivity index (χ2n) is 5.19. The highest BCUT2D eigenvalue weighted by molar-refractivity contribution is 5.97. The Kier molecular flexibility index (Phi) is 7.24. The molecule has 7 nitrogen and oxygen atoms in total. The highest BCUT2D eigenvalue weighted by Gasteiger charge is 2.21. The van der Waals surface area contributed by atoms with Gasteiger partial charge in [0.2, 0.25) is 0 Å². The third-order valence-electron chi connectivity index (χ3n) is 3.17. The predicted octanol–water partition coefficient (Wildman–Crippen LogP) is 0.971. The number of benzene rings is 1. The zero-order valence-electron chi connectivity index (χ0n) is 13.2. The summed E-state index contributed by atoms with van der Waals surface area (Å²) in [5.41, 5.74) is 2.55. The second-order valence-corrected chi connectivity index (χ2v) is 5.19. The molecule has 0 aliphatic carbocycles. The van der Waals surface area contributed by atoms with Crippen molar-refractivity contribution in [3.8, 4) is 5.75 Å². The average molecular weight is 322 g/mol. The molecule has 2 amide bonds. The fraction of sp³-hybridized carbons (Fsp3) is 0.375. The van der Waals surface area contributed by atoms with E-state index in [9.17, 15) is 9.59 Å². The van der Waals surface area contributed by atoms with Crippen LogP contribution in [0, 0.1) is 0 Å². The van der Waals surface area contributed by atoms with Gasteiger partial charge in [0.1, 0.15) is 18.4 Å². The number of amides is 2. The number of rotatable bonds is 8. The molecule has 0 heterocycles. The van der Waals surface area contributed by atoms with Crippen molar-refractivity contribution in [2.45, 2.75) is 25.8 Å². The summed E-state index contributed by atoms with van der Waals surface area (Å²) in [6, 6.07) is 3.68. The number of carbonyl (C=O) groups is 2. The molecule has 1 aromatic rings. The summed E-state index contributed by atoms with van der Waals surface area (Å²) >= 11 is 0. The first-order valence-corrected chi connectivity index (χ1v) is 7.17.